The standard InChI is InChI=1S/C23H20ClNO3S/c1-14(26)11-15-7-8-17-20(12-15)28-10-9-16-13-21(29-22(16)17)23(27)25(2)19-6-4-3-5-18(19)24/h3-8,12-13H,9-11H2,1-2H3. The van der Waals surface area contributed by atoms with Crippen LogP contribution in [0, 0.1) is 0 Å². The molecule has 1 amide bonds. The Balaban J connectivity index is 1.69. The van der Waals surface area contributed by atoms with Crippen molar-refractivity contribution >= 4 is 40.3 Å². The maximum absolute atomic E-state index is 13.1. The summed E-state index contributed by atoms with van der Waals surface area (Å²) in [7, 11) is 1.74. The van der Waals surface area contributed by atoms with E-state index in [0.29, 0.717) is 28.6 Å². The maximum atomic E-state index is 13.1. The van der Waals surface area contributed by atoms with Crippen LogP contribution in [0.2, 0.25) is 5.02 Å². The van der Waals surface area contributed by atoms with Gasteiger partial charge >= 0.3 is 0 Å². The maximum Gasteiger partial charge on any atom is 0.268 e. The second kappa shape index (κ2) is 8.01. The number of anilines is 1. The lowest BCUT2D eigenvalue weighted by atomic mass is 10.0. The highest BCUT2D eigenvalue weighted by molar-refractivity contribution is 7.17. The van der Waals surface area contributed by atoms with E-state index >= 15 is 0 Å². The van der Waals surface area contributed by atoms with E-state index in [-0.39, 0.29) is 11.7 Å². The van der Waals surface area contributed by atoms with Crippen LogP contribution >= 0.6 is 22.9 Å². The molecule has 0 aliphatic carbocycles. The normalized spacial score (nSPS) is 12.4. The summed E-state index contributed by atoms with van der Waals surface area (Å²) in [5.41, 5.74) is 3.68. The number of benzene rings is 2. The molecule has 0 unspecified atom stereocenters. The van der Waals surface area contributed by atoms with Gasteiger partial charge in [-0.3, -0.25) is 9.59 Å². The van der Waals surface area contributed by atoms with Gasteiger partial charge in [-0.2, -0.15) is 0 Å². The highest BCUT2D eigenvalue weighted by Gasteiger charge is 2.24. The summed E-state index contributed by atoms with van der Waals surface area (Å²) in [5.74, 6) is 0.792. The van der Waals surface area contributed by atoms with Crippen LogP contribution in [0.4, 0.5) is 5.69 Å². The lowest BCUT2D eigenvalue weighted by molar-refractivity contribution is -0.116. The molecule has 4 rings (SSSR count). The number of carbonyl (C=O) groups is 2. The van der Waals surface area contributed by atoms with Gasteiger partial charge in [0.1, 0.15) is 11.5 Å². The molecule has 2 aromatic carbocycles. The minimum absolute atomic E-state index is 0.0909. The molecule has 0 atom stereocenters. The van der Waals surface area contributed by atoms with E-state index in [1.165, 1.54) is 11.3 Å². The van der Waals surface area contributed by atoms with Crippen LogP contribution in [0.3, 0.4) is 0 Å². The van der Waals surface area contributed by atoms with Crippen LogP contribution < -0.4 is 9.64 Å². The number of Topliss-reactive ketones (excluding diaryl/α,β-unsaturated/α-hetero) is 1. The predicted molar refractivity (Wildman–Crippen MR) is 118 cm³/mol. The van der Waals surface area contributed by atoms with Crippen LogP contribution in [0.25, 0.3) is 10.4 Å². The first-order valence-electron chi connectivity index (χ1n) is 9.35. The summed E-state index contributed by atoms with van der Waals surface area (Å²) in [5, 5.41) is 0.540. The molecule has 2 heterocycles. The summed E-state index contributed by atoms with van der Waals surface area (Å²) in [6, 6.07) is 15.1. The minimum Gasteiger partial charge on any atom is -0.493 e. The van der Waals surface area contributed by atoms with Crippen molar-refractivity contribution in [3.8, 4) is 16.2 Å². The van der Waals surface area contributed by atoms with Crippen molar-refractivity contribution < 1.29 is 14.3 Å². The van der Waals surface area contributed by atoms with Crippen LogP contribution in [0.15, 0.2) is 48.5 Å². The van der Waals surface area contributed by atoms with Gasteiger partial charge in [-0.25, -0.2) is 0 Å². The second-order valence-electron chi connectivity index (χ2n) is 7.09. The zero-order chi connectivity index (χ0) is 20.5. The smallest absolute Gasteiger partial charge is 0.268 e. The molecule has 1 aliphatic heterocycles. The molecule has 4 nitrogen and oxygen atoms in total. The Morgan fingerprint density at radius 1 is 1.17 bits per heavy atom. The van der Waals surface area contributed by atoms with E-state index in [9.17, 15) is 9.59 Å². The lowest BCUT2D eigenvalue weighted by Gasteiger charge is -2.17. The largest absolute Gasteiger partial charge is 0.493 e. The van der Waals surface area contributed by atoms with E-state index in [2.05, 4.69) is 0 Å². The molecular weight excluding hydrogens is 406 g/mol. The number of ketones is 1. The number of halogens is 1. The third kappa shape index (κ3) is 3.93. The first kappa shape index (κ1) is 19.7. The topological polar surface area (TPSA) is 46.6 Å². The first-order chi connectivity index (χ1) is 13.9. The Kier molecular flexibility index (Phi) is 5.43. The molecule has 0 saturated heterocycles. The Morgan fingerprint density at radius 2 is 1.97 bits per heavy atom. The SMILES string of the molecule is CC(=O)Cc1ccc2c(c1)OCCc1cc(C(=O)N(C)c3ccccc3Cl)sc1-2. The zero-order valence-corrected chi connectivity index (χ0v) is 17.8. The number of rotatable bonds is 4. The molecule has 0 N–H and O–H groups in total. The number of thiophene rings is 1. The molecule has 0 bridgehead atoms. The van der Waals surface area contributed by atoms with E-state index in [1.807, 2.05) is 42.5 Å². The van der Waals surface area contributed by atoms with Gasteiger partial charge in [-0.05, 0) is 48.4 Å². The molecule has 1 aliphatic rings. The van der Waals surface area contributed by atoms with Crippen molar-refractivity contribution in [3.05, 3.63) is 69.6 Å². The predicted octanol–water partition coefficient (Wildman–Crippen LogP) is 5.41. The van der Waals surface area contributed by atoms with Crippen molar-refractivity contribution in [3.63, 3.8) is 0 Å². The zero-order valence-electron chi connectivity index (χ0n) is 16.2. The summed E-state index contributed by atoms with van der Waals surface area (Å²) < 4.78 is 5.93. The number of ether oxygens (including phenoxy) is 1. The summed E-state index contributed by atoms with van der Waals surface area (Å²) >= 11 is 7.73. The van der Waals surface area contributed by atoms with Gasteiger partial charge in [0, 0.05) is 30.3 Å². The van der Waals surface area contributed by atoms with Gasteiger partial charge in [-0.1, -0.05) is 29.8 Å². The summed E-state index contributed by atoms with van der Waals surface area (Å²) in [4.78, 5) is 27.8. The van der Waals surface area contributed by atoms with Crippen molar-refractivity contribution in [1.82, 2.24) is 0 Å². The molecule has 3 aromatic rings. The average Bonchev–Trinajstić information content (AvgIpc) is 3.03. The number of carbonyl (C=O) groups excluding carboxylic acids is 2. The molecule has 0 radical (unpaired) electrons. The van der Waals surface area contributed by atoms with Gasteiger partial charge in [0.25, 0.3) is 5.91 Å². The fourth-order valence-corrected chi connectivity index (χ4v) is 4.97. The molecule has 0 fully saturated rings. The fourth-order valence-electron chi connectivity index (χ4n) is 3.49. The van der Waals surface area contributed by atoms with Crippen LogP contribution in [-0.4, -0.2) is 25.3 Å². The van der Waals surface area contributed by atoms with E-state index in [0.717, 1.165) is 33.7 Å². The van der Waals surface area contributed by atoms with Gasteiger partial charge in [0.2, 0.25) is 0 Å². The Bertz CT molecular complexity index is 1110. The van der Waals surface area contributed by atoms with Crippen molar-refractivity contribution in [2.45, 2.75) is 19.8 Å². The molecule has 6 heteroatoms. The molecule has 0 spiro atoms. The van der Waals surface area contributed by atoms with E-state index in [1.54, 1.807) is 24.9 Å². The van der Waals surface area contributed by atoms with Crippen LogP contribution in [0.5, 0.6) is 5.75 Å². The molecule has 29 heavy (non-hydrogen) atoms. The number of para-hydroxylation sites is 1. The van der Waals surface area contributed by atoms with E-state index < -0.39 is 0 Å². The second-order valence-corrected chi connectivity index (χ2v) is 8.55. The Labute approximate surface area is 178 Å². The number of nitrogens with zero attached hydrogens (tertiary/aromatic N) is 1. The van der Waals surface area contributed by atoms with Gasteiger partial charge in [-0.15, -0.1) is 11.3 Å². The number of fused-ring (bicyclic) bond motifs is 3. The lowest BCUT2D eigenvalue weighted by Crippen LogP contribution is -2.25. The van der Waals surface area contributed by atoms with Gasteiger partial charge < -0.3 is 9.64 Å². The number of hydrogen-bond acceptors (Lipinski definition) is 4. The highest BCUT2D eigenvalue weighted by Crippen LogP contribution is 2.42. The van der Waals surface area contributed by atoms with Crippen molar-refractivity contribution in [2.75, 3.05) is 18.6 Å². The number of hydrogen-bond donors (Lipinski definition) is 0. The quantitative estimate of drug-likeness (QED) is 0.561. The highest BCUT2D eigenvalue weighted by atomic mass is 35.5. The summed E-state index contributed by atoms with van der Waals surface area (Å²) in [6.45, 7) is 2.12. The van der Waals surface area contributed by atoms with Crippen molar-refractivity contribution in [2.24, 2.45) is 0 Å². The number of amides is 1. The molecule has 0 saturated carbocycles. The molecule has 1 aromatic heterocycles. The monoisotopic (exact) mass is 425 g/mol. The molecular formula is C23H20ClNO3S. The van der Waals surface area contributed by atoms with E-state index in [4.69, 9.17) is 16.3 Å². The Morgan fingerprint density at radius 3 is 2.72 bits per heavy atom. The van der Waals surface area contributed by atoms with Gasteiger partial charge in [0.05, 0.1) is 22.2 Å². The van der Waals surface area contributed by atoms with Crippen molar-refractivity contribution in [1.29, 1.82) is 0 Å². The first-order valence-corrected chi connectivity index (χ1v) is 10.5. The average molecular weight is 426 g/mol. The van der Waals surface area contributed by atoms with Gasteiger partial charge in [0.15, 0.2) is 0 Å². The van der Waals surface area contributed by atoms with Crippen LogP contribution in [-0.2, 0) is 17.6 Å². The third-order valence-electron chi connectivity index (χ3n) is 4.91. The molecule has 148 valence electrons. The third-order valence-corrected chi connectivity index (χ3v) is 6.43. The summed E-state index contributed by atoms with van der Waals surface area (Å²) in [6.07, 6.45) is 1.12. The fraction of sp³-hybridized carbons (Fsp3) is 0.217. The minimum atomic E-state index is -0.0909. The Hall–Kier alpha value is -2.63. The van der Waals surface area contributed by atoms with Crippen LogP contribution in [0.1, 0.15) is 27.7 Å².